The molecule has 1 aromatic rings. The van der Waals surface area contributed by atoms with Crippen LogP contribution in [0.5, 0.6) is 11.5 Å². The van der Waals surface area contributed by atoms with Gasteiger partial charge in [-0.1, -0.05) is 19.3 Å². The average molecular weight is 357 g/mol. The maximum atomic E-state index is 12.5. The second kappa shape index (κ2) is 10.3. The van der Waals surface area contributed by atoms with Crippen molar-refractivity contribution >= 4 is 5.91 Å². The molecule has 140 valence electrons. The molecule has 0 spiro atoms. The van der Waals surface area contributed by atoms with E-state index in [0.29, 0.717) is 13.2 Å². The van der Waals surface area contributed by atoms with Gasteiger partial charge in [0, 0.05) is 25.8 Å². The number of nitrogens with one attached hydrogen (secondary N) is 1. The second-order valence-electron chi connectivity index (χ2n) is 6.36. The number of ether oxygens (including phenoxy) is 2. The predicted molar refractivity (Wildman–Crippen MR) is 99.8 cm³/mol. The Bertz CT molecular complexity index is 643. The molecule has 1 saturated carbocycles. The van der Waals surface area contributed by atoms with Gasteiger partial charge in [0.05, 0.1) is 7.11 Å². The van der Waals surface area contributed by atoms with Gasteiger partial charge in [-0.25, -0.2) is 0 Å². The Balaban J connectivity index is 1.77. The zero-order valence-electron chi connectivity index (χ0n) is 15.5. The molecule has 0 aliphatic heterocycles. The van der Waals surface area contributed by atoms with E-state index in [4.69, 9.17) is 9.47 Å². The van der Waals surface area contributed by atoms with E-state index in [0.717, 1.165) is 37.2 Å². The average Bonchev–Trinajstić information content (AvgIpc) is 2.70. The van der Waals surface area contributed by atoms with Gasteiger partial charge in [-0.3, -0.25) is 4.79 Å². The van der Waals surface area contributed by atoms with Crippen LogP contribution in [0.4, 0.5) is 0 Å². The number of hydrogen-bond donors (Lipinski definition) is 1. The van der Waals surface area contributed by atoms with E-state index in [-0.39, 0.29) is 17.5 Å². The number of carbonyl (C=O) groups excluding carboxylic acids is 1. The van der Waals surface area contributed by atoms with Crippen LogP contribution in [0.3, 0.4) is 0 Å². The standard InChI is InChI=1S/C20H27N3O3/c1-23(17-6-4-3-5-7-17)20(24)16(14-21)15-22-12-13-26-19-10-8-18(25-2)9-11-19/h8-11,15,17,22H,3-7,12-13H2,1-2H3/b16-15-. The van der Waals surface area contributed by atoms with E-state index in [9.17, 15) is 10.1 Å². The minimum atomic E-state index is -0.219. The molecule has 0 atom stereocenters. The molecule has 1 aromatic carbocycles. The number of amides is 1. The number of methoxy groups -OCH3 is 1. The van der Waals surface area contributed by atoms with Gasteiger partial charge in [-0.15, -0.1) is 0 Å². The summed E-state index contributed by atoms with van der Waals surface area (Å²) in [4.78, 5) is 14.2. The maximum Gasteiger partial charge on any atom is 0.265 e. The van der Waals surface area contributed by atoms with E-state index in [2.05, 4.69) is 5.32 Å². The lowest BCUT2D eigenvalue weighted by atomic mass is 9.94. The summed E-state index contributed by atoms with van der Waals surface area (Å²) in [6.07, 6.45) is 7.05. The molecule has 0 radical (unpaired) electrons. The molecule has 1 N–H and O–H groups in total. The van der Waals surface area contributed by atoms with Gasteiger partial charge in [0.2, 0.25) is 0 Å². The molecule has 0 heterocycles. The van der Waals surface area contributed by atoms with E-state index >= 15 is 0 Å². The van der Waals surface area contributed by atoms with E-state index < -0.39 is 0 Å². The zero-order valence-corrected chi connectivity index (χ0v) is 15.5. The normalized spacial score (nSPS) is 15.0. The highest BCUT2D eigenvalue weighted by Crippen LogP contribution is 2.22. The third kappa shape index (κ3) is 5.69. The molecule has 1 aliphatic rings. The van der Waals surface area contributed by atoms with Crippen molar-refractivity contribution in [2.24, 2.45) is 0 Å². The van der Waals surface area contributed by atoms with Crippen LogP contribution in [0.2, 0.25) is 0 Å². The fourth-order valence-electron chi connectivity index (χ4n) is 3.04. The molecule has 1 fully saturated rings. The number of likely N-dealkylation sites (N-methyl/N-ethyl adjacent to an activating group) is 1. The Hall–Kier alpha value is -2.68. The summed E-state index contributed by atoms with van der Waals surface area (Å²) in [6, 6.07) is 9.56. The number of rotatable bonds is 8. The summed E-state index contributed by atoms with van der Waals surface area (Å²) in [7, 11) is 3.40. The summed E-state index contributed by atoms with van der Waals surface area (Å²) in [5.74, 6) is 1.30. The Labute approximate surface area is 155 Å². The molecule has 6 heteroatoms. The van der Waals surface area contributed by atoms with Gasteiger partial charge < -0.3 is 19.7 Å². The third-order valence-corrected chi connectivity index (χ3v) is 4.61. The Morgan fingerprint density at radius 2 is 1.92 bits per heavy atom. The fourth-order valence-corrected chi connectivity index (χ4v) is 3.04. The van der Waals surface area contributed by atoms with Crippen molar-refractivity contribution in [2.45, 2.75) is 38.1 Å². The lowest BCUT2D eigenvalue weighted by Crippen LogP contribution is -2.39. The van der Waals surface area contributed by atoms with Crippen molar-refractivity contribution < 1.29 is 14.3 Å². The molecule has 0 aromatic heterocycles. The number of benzene rings is 1. The first-order valence-corrected chi connectivity index (χ1v) is 9.03. The highest BCUT2D eigenvalue weighted by atomic mass is 16.5. The number of nitriles is 1. The minimum Gasteiger partial charge on any atom is -0.497 e. The number of nitrogens with zero attached hydrogens (tertiary/aromatic N) is 2. The van der Waals surface area contributed by atoms with Crippen LogP contribution in [0.1, 0.15) is 32.1 Å². The maximum absolute atomic E-state index is 12.5. The van der Waals surface area contributed by atoms with Gasteiger partial charge in [0.1, 0.15) is 29.7 Å². The Morgan fingerprint density at radius 3 is 2.54 bits per heavy atom. The topological polar surface area (TPSA) is 74.6 Å². The smallest absolute Gasteiger partial charge is 0.265 e. The molecule has 26 heavy (non-hydrogen) atoms. The zero-order chi connectivity index (χ0) is 18.8. The summed E-state index contributed by atoms with van der Waals surface area (Å²) in [5.41, 5.74) is 0.127. The van der Waals surface area contributed by atoms with Crippen molar-refractivity contribution in [3.8, 4) is 17.6 Å². The fraction of sp³-hybridized carbons (Fsp3) is 0.500. The van der Waals surface area contributed by atoms with Gasteiger partial charge >= 0.3 is 0 Å². The molecule has 2 rings (SSSR count). The second-order valence-corrected chi connectivity index (χ2v) is 6.36. The minimum absolute atomic E-state index is 0.127. The molecular formula is C20H27N3O3. The largest absolute Gasteiger partial charge is 0.497 e. The van der Waals surface area contributed by atoms with Crippen molar-refractivity contribution in [3.63, 3.8) is 0 Å². The first-order chi connectivity index (χ1) is 12.7. The van der Waals surface area contributed by atoms with Crippen LogP contribution >= 0.6 is 0 Å². The molecule has 1 aliphatic carbocycles. The first-order valence-electron chi connectivity index (χ1n) is 9.03. The van der Waals surface area contributed by atoms with Gasteiger partial charge in [-0.2, -0.15) is 5.26 Å². The SMILES string of the molecule is COc1ccc(OCCN/C=C(/C#N)C(=O)N(C)C2CCCCC2)cc1. The third-order valence-electron chi connectivity index (χ3n) is 4.61. The van der Waals surface area contributed by atoms with Crippen LogP contribution in [-0.2, 0) is 4.79 Å². The monoisotopic (exact) mass is 357 g/mol. The molecule has 0 unspecified atom stereocenters. The number of hydrogen-bond acceptors (Lipinski definition) is 5. The number of carbonyl (C=O) groups is 1. The van der Waals surface area contributed by atoms with Crippen molar-refractivity contribution in [3.05, 3.63) is 36.0 Å². The highest BCUT2D eigenvalue weighted by Gasteiger charge is 2.24. The summed E-state index contributed by atoms with van der Waals surface area (Å²) < 4.78 is 10.7. The Morgan fingerprint density at radius 1 is 1.27 bits per heavy atom. The summed E-state index contributed by atoms with van der Waals surface area (Å²) in [5, 5.41) is 12.3. The van der Waals surface area contributed by atoms with Gasteiger partial charge in [0.25, 0.3) is 5.91 Å². The summed E-state index contributed by atoms with van der Waals surface area (Å²) in [6.45, 7) is 0.922. The van der Waals surface area contributed by atoms with Gasteiger partial charge in [-0.05, 0) is 37.1 Å². The molecule has 0 saturated heterocycles. The van der Waals surface area contributed by atoms with E-state index in [1.165, 1.54) is 12.6 Å². The predicted octanol–water partition coefficient (Wildman–Crippen LogP) is 2.86. The van der Waals surface area contributed by atoms with Crippen LogP contribution < -0.4 is 14.8 Å². The van der Waals surface area contributed by atoms with Crippen LogP contribution in [-0.4, -0.2) is 44.2 Å². The lowest BCUT2D eigenvalue weighted by Gasteiger charge is -2.31. The molecule has 1 amide bonds. The highest BCUT2D eigenvalue weighted by molar-refractivity contribution is 5.97. The van der Waals surface area contributed by atoms with Crippen LogP contribution in [0, 0.1) is 11.3 Å². The van der Waals surface area contributed by atoms with Crippen molar-refractivity contribution in [2.75, 3.05) is 27.3 Å². The molecule has 0 bridgehead atoms. The van der Waals surface area contributed by atoms with Gasteiger partial charge in [0.15, 0.2) is 0 Å². The van der Waals surface area contributed by atoms with Crippen LogP contribution in [0.15, 0.2) is 36.0 Å². The molecular weight excluding hydrogens is 330 g/mol. The molecule has 6 nitrogen and oxygen atoms in total. The van der Waals surface area contributed by atoms with E-state index in [1.807, 2.05) is 30.3 Å². The van der Waals surface area contributed by atoms with Crippen LogP contribution in [0.25, 0.3) is 0 Å². The first kappa shape index (κ1) is 19.6. The van der Waals surface area contributed by atoms with Crippen molar-refractivity contribution in [1.82, 2.24) is 10.2 Å². The Kier molecular flexibility index (Phi) is 7.81. The quantitative estimate of drug-likeness (QED) is 0.440. The summed E-state index contributed by atoms with van der Waals surface area (Å²) >= 11 is 0. The van der Waals surface area contributed by atoms with Crippen molar-refractivity contribution in [1.29, 1.82) is 5.26 Å². The lowest BCUT2D eigenvalue weighted by molar-refractivity contribution is -0.128. The van der Waals surface area contributed by atoms with E-state index in [1.54, 1.807) is 19.1 Å².